The minimum absolute atomic E-state index is 0.000231. The fourth-order valence-electron chi connectivity index (χ4n) is 7.29. The van der Waals surface area contributed by atoms with Crippen LogP contribution in [0.4, 0.5) is 0 Å². The first-order valence-electron chi connectivity index (χ1n) is 8.81. The molecule has 0 unspecified atom stereocenters. The van der Waals surface area contributed by atoms with E-state index < -0.39 is 16.5 Å². The summed E-state index contributed by atoms with van der Waals surface area (Å²) in [4.78, 5) is 14.6. The van der Waals surface area contributed by atoms with Gasteiger partial charge in [0.15, 0.2) is 6.04 Å². The molecule has 2 aliphatic heterocycles. The number of hydrazine groups is 1. The van der Waals surface area contributed by atoms with Gasteiger partial charge in [0.2, 0.25) is 0 Å². The molecule has 7 heteroatoms. The SMILES string of the molecule is CC1(C)[C@]2(C)N=[N+]([O-])[C@@H]3[C@@H]4CCC[C@@H]4[C@H]4[C@@H]([C@@H]32)[C@]1(C)[N+](=O)N4[O-]. The molecule has 0 aromatic carbocycles. The molecule has 1 saturated heterocycles. The lowest BCUT2D eigenvalue weighted by Crippen LogP contribution is -2.56. The van der Waals surface area contributed by atoms with Gasteiger partial charge in [-0.2, -0.15) is 5.17 Å². The van der Waals surface area contributed by atoms with Gasteiger partial charge >= 0.3 is 0 Å². The van der Waals surface area contributed by atoms with Crippen molar-refractivity contribution in [3.63, 3.8) is 0 Å². The summed E-state index contributed by atoms with van der Waals surface area (Å²) in [5.41, 5.74) is -1.91. The van der Waals surface area contributed by atoms with Crippen LogP contribution in [-0.4, -0.2) is 38.1 Å². The second kappa shape index (κ2) is 3.55. The highest BCUT2D eigenvalue weighted by molar-refractivity contribution is 5.28. The Morgan fingerprint density at radius 2 is 1.78 bits per heavy atom. The molecule has 3 aliphatic carbocycles. The Bertz CT molecular complexity index is 664. The third-order valence-electron chi connectivity index (χ3n) is 8.85. The van der Waals surface area contributed by atoms with Gasteiger partial charge < -0.3 is 10.4 Å². The second-order valence-electron chi connectivity index (χ2n) is 9.19. The Balaban J connectivity index is 1.81. The van der Waals surface area contributed by atoms with E-state index in [2.05, 4.69) is 5.11 Å². The standard InChI is InChI=1S/C16H24N4O3/c1-14(2)15(3)10-11-13(19(22)20(23)16(11,14)4)9-7-5-6-8(9)12(10)18(21)17-15/h8-13H,5-7H2,1-4H3/t8-,9+,10+,11-,12-,13+,15-,16+/m1/s1. The maximum atomic E-state index is 13.0. The van der Waals surface area contributed by atoms with Crippen LogP contribution >= 0.6 is 0 Å². The summed E-state index contributed by atoms with van der Waals surface area (Å²) in [5.74, 6) is 0.273. The molecule has 0 aromatic heterocycles. The fraction of sp³-hybridized carbons (Fsp3) is 1.00. The number of hydrogen-bond acceptors (Lipinski definition) is 4. The summed E-state index contributed by atoms with van der Waals surface area (Å²) < 4.78 is 0. The Morgan fingerprint density at radius 1 is 1.13 bits per heavy atom. The summed E-state index contributed by atoms with van der Waals surface area (Å²) >= 11 is 0. The number of azo groups is 1. The van der Waals surface area contributed by atoms with E-state index in [0.29, 0.717) is 4.87 Å². The highest BCUT2D eigenvalue weighted by Gasteiger charge is 2.89. The van der Waals surface area contributed by atoms with Crippen molar-refractivity contribution >= 4 is 0 Å². The van der Waals surface area contributed by atoms with E-state index in [1.54, 1.807) is 0 Å². The van der Waals surface area contributed by atoms with Gasteiger partial charge in [-0.25, -0.2) is 0 Å². The zero-order valence-corrected chi connectivity index (χ0v) is 14.1. The maximum absolute atomic E-state index is 13.0. The second-order valence-corrected chi connectivity index (χ2v) is 9.19. The summed E-state index contributed by atoms with van der Waals surface area (Å²) in [5, 5.41) is 30.8. The van der Waals surface area contributed by atoms with Crippen LogP contribution < -0.4 is 0 Å². The van der Waals surface area contributed by atoms with Crippen LogP contribution in [0.5, 0.6) is 0 Å². The van der Waals surface area contributed by atoms with Gasteiger partial charge in [0.1, 0.15) is 10.4 Å². The van der Waals surface area contributed by atoms with Crippen LogP contribution in [0.25, 0.3) is 0 Å². The number of nitroso groups, excluding NO2 is 1. The Kier molecular flexibility index (Phi) is 2.18. The summed E-state index contributed by atoms with van der Waals surface area (Å²) in [6, 6.07) is -0.441. The largest absolute Gasteiger partial charge is 0.704 e. The van der Waals surface area contributed by atoms with Gasteiger partial charge in [-0.15, -0.1) is 0 Å². The molecule has 0 N–H and O–H groups in total. The molecule has 0 bridgehead atoms. The summed E-state index contributed by atoms with van der Waals surface area (Å²) in [6.45, 7) is 7.99. The minimum atomic E-state index is -0.796. The first-order valence-corrected chi connectivity index (χ1v) is 8.81. The van der Waals surface area contributed by atoms with E-state index in [9.17, 15) is 15.3 Å². The van der Waals surface area contributed by atoms with Crippen molar-refractivity contribution in [2.24, 2.45) is 34.2 Å². The van der Waals surface area contributed by atoms with Gasteiger partial charge in [-0.3, -0.25) is 0 Å². The molecule has 2 heterocycles. The quantitative estimate of drug-likeness (QED) is 0.507. The topological polar surface area (TPSA) is 84.8 Å². The van der Waals surface area contributed by atoms with Crippen LogP contribution in [0, 0.1) is 44.4 Å². The first-order chi connectivity index (χ1) is 10.7. The third kappa shape index (κ3) is 1.09. The number of hydroxylamine groups is 2. The Labute approximate surface area is 135 Å². The summed E-state index contributed by atoms with van der Waals surface area (Å²) in [7, 11) is 0. The van der Waals surface area contributed by atoms with Crippen LogP contribution in [0.3, 0.4) is 0 Å². The van der Waals surface area contributed by atoms with E-state index in [1.165, 1.54) is 0 Å². The molecule has 23 heavy (non-hydrogen) atoms. The van der Waals surface area contributed by atoms with E-state index >= 15 is 0 Å². The molecule has 0 spiro atoms. The molecule has 0 radical (unpaired) electrons. The highest BCUT2D eigenvalue weighted by atomic mass is 16.6. The van der Waals surface area contributed by atoms with E-state index in [0.717, 1.165) is 29.3 Å². The molecule has 4 fully saturated rings. The predicted molar refractivity (Wildman–Crippen MR) is 80.9 cm³/mol. The molecular weight excluding hydrogens is 296 g/mol. The molecule has 5 aliphatic rings. The summed E-state index contributed by atoms with van der Waals surface area (Å²) in [6.07, 6.45) is 2.96. The third-order valence-corrected chi connectivity index (χ3v) is 8.85. The molecule has 0 amide bonds. The zero-order chi connectivity index (χ0) is 16.5. The van der Waals surface area contributed by atoms with Crippen molar-refractivity contribution in [3.8, 4) is 0 Å². The van der Waals surface area contributed by atoms with Gasteiger partial charge in [-0.1, -0.05) is 25.1 Å². The fourth-order valence-corrected chi connectivity index (χ4v) is 7.29. The molecule has 3 saturated carbocycles. The lowest BCUT2D eigenvalue weighted by Gasteiger charge is -2.43. The normalized spacial score (nSPS) is 58.4. The van der Waals surface area contributed by atoms with Crippen LogP contribution in [0.15, 0.2) is 5.11 Å². The number of nitrogens with zero attached hydrogens (tertiary/aromatic N) is 4. The highest BCUT2D eigenvalue weighted by Crippen LogP contribution is 2.73. The number of hydrogen-bond donors (Lipinski definition) is 0. The molecular formula is C16H24N4O3. The Morgan fingerprint density at radius 3 is 2.48 bits per heavy atom. The van der Waals surface area contributed by atoms with Crippen molar-refractivity contribution in [1.82, 2.24) is 5.17 Å². The van der Waals surface area contributed by atoms with Gasteiger partial charge in [0.25, 0.3) is 5.54 Å². The zero-order valence-electron chi connectivity index (χ0n) is 14.1. The van der Waals surface area contributed by atoms with E-state index in [4.69, 9.17) is 0 Å². The van der Waals surface area contributed by atoms with Crippen molar-refractivity contribution in [2.45, 2.75) is 70.1 Å². The molecule has 126 valence electrons. The molecule has 7 nitrogen and oxygen atoms in total. The first kappa shape index (κ1) is 14.1. The van der Waals surface area contributed by atoms with Crippen LogP contribution in [0.1, 0.15) is 47.0 Å². The van der Waals surface area contributed by atoms with Crippen molar-refractivity contribution in [3.05, 3.63) is 15.3 Å². The van der Waals surface area contributed by atoms with Gasteiger partial charge in [-0.05, 0) is 30.8 Å². The number of fused-ring (bicyclic) bond motifs is 3. The van der Waals surface area contributed by atoms with Gasteiger partial charge in [0, 0.05) is 12.8 Å². The molecule has 0 aromatic rings. The predicted octanol–water partition coefficient (Wildman–Crippen LogP) is 2.43. The monoisotopic (exact) mass is 320 g/mol. The Hall–Kier alpha value is -1.24. The van der Waals surface area contributed by atoms with E-state index in [-0.39, 0.29) is 35.8 Å². The maximum Gasteiger partial charge on any atom is 0.253 e. The van der Waals surface area contributed by atoms with Crippen molar-refractivity contribution in [1.29, 1.82) is 0 Å². The minimum Gasteiger partial charge on any atom is -0.704 e. The van der Waals surface area contributed by atoms with Crippen molar-refractivity contribution in [2.75, 3.05) is 0 Å². The average Bonchev–Trinajstić information content (AvgIpc) is 3.13. The molecule has 5 rings (SSSR count). The lowest BCUT2D eigenvalue weighted by atomic mass is 9.61. The smallest absolute Gasteiger partial charge is 0.253 e. The van der Waals surface area contributed by atoms with Crippen LogP contribution in [-0.2, 0) is 0 Å². The average molecular weight is 320 g/mol. The molecule has 8 atom stereocenters. The number of rotatable bonds is 0. The lowest BCUT2D eigenvalue weighted by molar-refractivity contribution is -0.743. The van der Waals surface area contributed by atoms with E-state index in [1.807, 2.05) is 27.7 Å². The van der Waals surface area contributed by atoms with Crippen LogP contribution in [0.2, 0.25) is 0 Å². The van der Waals surface area contributed by atoms with Gasteiger partial charge in [0.05, 0.1) is 28.2 Å². The van der Waals surface area contributed by atoms with Crippen molar-refractivity contribution < 1.29 is 9.73 Å².